The van der Waals surface area contributed by atoms with E-state index in [1.807, 2.05) is 59.9 Å². The molecule has 0 N–H and O–H groups in total. The molecular formula is C11H12F6N5OP. The Bertz CT molecular complexity index is 841. The Kier molecular flexibility index (Phi) is 3.80. The van der Waals surface area contributed by atoms with Gasteiger partial charge in [-0.2, -0.15) is 9.13 Å². The van der Waals surface area contributed by atoms with Crippen LogP contribution in [0.1, 0.15) is 0 Å². The number of imidazole rings is 1. The van der Waals surface area contributed by atoms with E-state index in [0.29, 0.717) is 6.01 Å². The molecule has 1 aromatic carbocycles. The van der Waals surface area contributed by atoms with Gasteiger partial charge in [-0.3, -0.25) is 4.84 Å². The zero-order chi connectivity index (χ0) is 18.2. The summed E-state index contributed by atoms with van der Waals surface area (Å²) in [6.07, 6.45) is 3.82. The molecule has 134 valence electrons. The van der Waals surface area contributed by atoms with Crippen molar-refractivity contribution in [1.82, 2.24) is 19.7 Å². The molecule has 0 atom stereocenters. The molecule has 0 aliphatic carbocycles. The number of hydrogen-bond acceptors (Lipinski definition) is 3. The van der Waals surface area contributed by atoms with Crippen molar-refractivity contribution in [2.75, 3.05) is 0 Å². The number of halogens is 6. The fraction of sp³-hybridized carbons (Fsp3) is 0.182. The van der Waals surface area contributed by atoms with Gasteiger partial charge in [0.05, 0.1) is 14.1 Å². The van der Waals surface area contributed by atoms with E-state index in [1.54, 1.807) is 0 Å². The third kappa shape index (κ3) is 5.69. The molecule has 0 unspecified atom stereocenters. The van der Waals surface area contributed by atoms with Crippen molar-refractivity contribution in [3.05, 3.63) is 36.7 Å². The number of hydrogen-bond donors (Lipinski definition) is 0. The van der Waals surface area contributed by atoms with E-state index in [0.717, 1.165) is 11.0 Å². The normalized spacial score (nSPS) is 14.5. The van der Waals surface area contributed by atoms with Crippen molar-refractivity contribution < 1.29 is 34.6 Å². The van der Waals surface area contributed by atoms with E-state index >= 15 is 0 Å². The van der Waals surface area contributed by atoms with Gasteiger partial charge in [0.15, 0.2) is 0 Å². The first-order valence-electron chi connectivity index (χ1n) is 6.27. The Labute approximate surface area is 131 Å². The molecule has 0 saturated carbocycles. The molecule has 0 amide bonds. The Hall–Kier alpha value is -2.36. The van der Waals surface area contributed by atoms with Crippen LogP contribution in [-0.2, 0) is 14.1 Å². The van der Waals surface area contributed by atoms with Crippen molar-refractivity contribution in [1.29, 1.82) is 0 Å². The quantitative estimate of drug-likeness (QED) is 0.389. The SMILES string of the molecule is Cn1cc[n+](C)c1On1nnc2ccccc21.F[P-](F)(F)(F)(F)F. The van der Waals surface area contributed by atoms with Gasteiger partial charge in [0.1, 0.15) is 23.4 Å². The van der Waals surface area contributed by atoms with Crippen LogP contribution in [0.25, 0.3) is 11.0 Å². The van der Waals surface area contributed by atoms with Crippen LogP contribution in [0.2, 0.25) is 0 Å². The molecule has 0 radical (unpaired) electrons. The Morgan fingerprint density at radius 1 is 1.08 bits per heavy atom. The second kappa shape index (κ2) is 5.07. The van der Waals surface area contributed by atoms with E-state index in [1.165, 1.54) is 4.85 Å². The monoisotopic (exact) mass is 375 g/mol. The van der Waals surface area contributed by atoms with E-state index in [9.17, 15) is 25.2 Å². The van der Waals surface area contributed by atoms with Crippen molar-refractivity contribution >= 4 is 18.8 Å². The first-order valence-corrected chi connectivity index (χ1v) is 8.30. The van der Waals surface area contributed by atoms with Crippen LogP contribution in [0.5, 0.6) is 6.01 Å². The number of nitrogens with zero attached hydrogens (tertiary/aromatic N) is 5. The predicted octanol–water partition coefficient (Wildman–Crippen LogP) is 3.82. The van der Waals surface area contributed by atoms with Crippen LogP contribution in [0.15, 0.2) is 36.7 Å². The summed E-state index contributed by atoms with van der Waals surface area (Å²) in [4.78, 5) is 7.12. The average molecular weight is 375 g/mol. The molecule has 0 saturated heterocycles. The summed E-state index contributed by atoms with van der Waals surface area (Å²) in [5.41, 5.74) is 1.65. The molecule has 0 bridgehead atoms. The first-order chi connectivity index (χ1) is 10.7. The summed E-state index contributed by atoms with van der Waals surface area (Å²) in [5.74, 6) is 0. The van der Waals surface area contributed by atoms with Crippen LogP contribution in [0, 0.1) is 0 Å². The van der Waals surface area contributed by atoms with E-state index in [-0.39, 0.29) is 0 Å². The fourth-order valence-corrected chi connectivity index (χ4v) is 1.70. The summed E-state index contributed by atoms with van der Waals surface area (Å²) in [6, 6.07) is 8.34. The van der Waals surface area contributed by atoms with Gasteiger partial charge in [0.2, 0.25) is 0 Å². The standard InChI is InChI=1S/C11H12N5O.F6P/c1-14-7-8-15(2)11(14)17-16-10-6-4-3-5-9(10)12-13-16;1-7(2,3,4,5)6/h3-8H,1-2H3;/q+1;-1. The summed E-state index contributed by atoms with van der Waals surface area (Å²) in [6.45, 7) is 0. The van der Waals surface area contributed by atoms with Crippen LogP contribution in [-0.4, -0.2) is 19.7 Å². The second-order valence-corrected chi connectivity index (χ2v) is 6.72. The Morgan fingerprint density at radius 2 is 1.67 bits per heavy atom. The summed E-state index contributed by atoms with van der Waals surface area (Å²) in [5, 5.41) is 8.00. The number of fused-ring (bicyclic) bond motifs is 1. The Morgan fingerprint density at radius 3 is 2.21 bits per heavy atom. The average Bonchev–Trinajstić information content (AvgIpc) is 2.94. The number of aryl methyl sites for hydroxylation is 2. The fourth-order valence-electron chi connectivity index (χ4n) is 1.70. The third-order valence-electron chi connectivity index (χ3n) is 2.61. The van der Waals surface area contributed by atoms with Crippen molar-refractivity contribution in [3.8, 4) is 6.01 Å². The van der Waals surface area contributed by atoms with Crippen LogP contribution < -0.4 is 9.40 Å². The molecular weight excluding hydrogens is 363 g/mol. The zero-order valence-electron chi connectivity index (χ0n) is 12.3. The number of benzene rings is 1. The predicted molar refractivity (Wildman–Crippen MR) is 73.7 cm³/mol. The van der Waals surface area contributed by atoms with Crippen molar-refractivity contribution in [2.45, 2.75) is 0 Å². The maximum atomic E-state index is 9.87. The molecule has 0 aliphatic heterocycles. The van der Waals surface area contributed by atoms with E-state index < -0.39 is 7.81 Å². The number of para-hydroxylation sites is 1. The molecule has 0 fully saturated rings. The molecule has 6 nitrogen and oxygen atoms in total. The van der Waals surface area contributed by atoms with Crippen molar-refractivity contribution in [2.24, 2.45) is 14.1 Å². The number of aromatic nitrogens is 5. The minimum atomic E-state index is -10.7. The van der Waals surface area contributed by atoms with Gasteiger partial charge in [-0.15, -0.1) is 5.10 Å². The van der Waals surface area contributed by atoms with E-state index in [4.69, 9.17) is 4.84 Å². The van der Waals surface area contributed by atoms with Gasteiger partial charge in [-0.1, -0.05) is 17.0 Å². The van der Waals surface area contributed by atoms with Crippen molar-refractivity contribution in [3.63, 3.8) is 0 Å². The molecule has 3 rings (SSSR count). The molecule has 2 aromatic heterocycles. The first kappa shape index (κ1) is 18.0. The molecule has 13 heteroatoms. The van der Waals surface area contributed by atoms with Gasteiger partial charge in [0.25, 0.3) is 0 Å². The van der Waals surface area contributed by atoms with Crippen LogP contribution in [0.3, 0.4) is 0 Å². The summed E-state index contributed by atoms with van der Waals surface area (Å²) >= 11 is 0. The molecule has 3 aromatic rings. The molecule has 0 aliphatic rings. The van der Waals surface area contributed by atoms with Gasteiger partial charge in [0, 0.05) is 0 Å². The third-order valence-corrected chi connectivity index (χ3v) is 2.61. The number of rotatable bonds is 2. The van der Waals surface area contributed by atoms with Crippen LogP contribution >= 0.6 is 7.81 Å². The van der Waals surface area contributed by atoms with Gasteiger partial charge in [-0.25, -0.2) is 0 Å². The summed E-state index contributed by atoms with van der Waals surface area (Å²) < 4.78 is 62.9. The minimum absolute atomic E-state index is 0.681. The maximum absolute atomic E-state index is 10.7. The second-order valence-electron chi connectivity index (χ2n) is 4.80. The topological polar surface area (TPSA) is 48.8 Å². The van der Waals surface area contributed by atoms with Gasteiger partial charge >= 0.3 is 39.0 Å². The summed E-state index contributed by atoms with van der Waals surface area (Å²) in [7, 11) is -6.84. The molecule has 2 heterocycles. The Balaban J connectivity index is 0.000000256. The van der Waals surface area contributed by atoms with Gasteiger partial charge in [-0.05, 0) is 17.3 Å². The molecule has 0 spiro atoms. The molecule has 24 heavy (non-hydrogen) atoms. The zero-order valence-corrected chi connectivity index (χ0v) is 13.2. The van der Waals surface area contributed by atoms with Crippen LogP contribution in [0.4, 0.5) is 25.2 Å². The van der Waals surface area contributed by atoms with Gasteiger partial charge < -0.3 is 0 Å². The van der Waals surface area contributed by atoms with E-state index in [2.05, 4.69) is 10.3 Å².